The lowest BCUT2D eigenvalue weighted by atomic mass is 10.2. The predicted octanol–water partition coefficient (Wildman–Crippen LogP) is 2.41. The van der Waals surface area contributed by atoms with Gasteiger partial charge in [-0.2, -0.15) is 0 Å². The van der Waals surface area contributed by atoms with E-state index in [-0.39, 0.29) is 11.8 Å². The molecule has 1 aromatic rings. The summed E-state index contributed by atoms with van der Waals surface area (Å²) in [4.78, 5) is 0. The Balaban J connectivity index is 2.85. The summed E-state index contributed by atoms with van der Waals surface area (Å²) >= 11 is 5.71. The molecule has 1 unspecified atom stereocenters. The third kappa shape index (κ3) is 3.09. The van der Waals surface area contributed by atoms with Gasteiger partial charge >= 0.3 is 0 Å². The van der Waals surface area contributed by atoms with E-state index in [2.05, 4.69) is 0 Å². The molecule has 0 aliphatic rings. The molecular weight excluding hydrogens is 186 g/mol. The quantitative estimate of drug-likeness (QED) is 0.765. The molecule has 1 atom stereocenters. The van der Waals surface area contributed by atoms with Gasteiger partial charge in [0.15, 0.2) is 0 Å². The van der Waals surface area contributed by atoms with E-state index in [1.165, 1.54) is 0 Å². The van der Waals surface area contributed by atoms with Gasteiger partial charge in [0.2, 0.25) is 0 Å². The Bertz CT molecular complexity index is 321. The minimum absolute atomic E-state index is 0.0209. The van der Waals surface area contributed by atoms with Crippen LogP contribution in [0, 0.1) is 0 Å². The Morgan fingerprint density at radius 1 is 1.54 bits per heavy atom. The number of benzene rings is 1. The van der Waals surface area contributed by atoms with Crippen molar-refractivity contribution < 1.29 is 5.11 Å². The van der Waals surface area contributed by atoms with Gasteiger partial charge in [-0.15, -0.1) is 0 Å². The molecule has 0 radical (unpaired) electrons. The Morgan fingerprint density at radius 2 is 2.23 bits per heavy atom. The highest BCUT2D eigenvalue weighted by atomic mass is 35.5. The molecular formula is C10H12ClNO. The maximum Gasteiger partial charge on any atom is 0.134 e. The van der Waals surface area contributed by atoms with Crippen LogP contribution in [0.4, 0.5) is 0 Å². The molecule has 13 heavy (non-hydrogen) atoms. The summed E-state index contributed by atoms with van der Waals surface area (Å²) in [6.45, 7) is 1.89. The first kappa shape index (κ1) is 10.1. The molecule has 0 saturated heterocycles. The van der Waals surface area contributed by atoms with Crippen LogP contribution < -0.4 is 5.73 Å². The van der Waals surface area contributed by atoms with E-state index in [0.717, 1.165) is 5.56 Å². The summed E-state index contributed by atoms with van der Waals surface area (Å²) in [7, 11) is 0. The molecule has 0 aromatic heterocycles. The number of hydrogen-bond acceptors (Lipinski definition) is 2. The van der Waals surface area contributed by atoms with Crippen molar-refractivity contribution in [3.8, 4) is 5.75 Å². The zero-order chi connectivity index (χ0) is 9.84. The van der Waals surface area contributed by atoms with Crippen molar-refractivity contribution in [2.75, 3.05) is 0 Å². The fourth-order valence-electron chi connectivity index (χ4n) is 0.890. The smallest absolute Gasteiger partial charge is 0.134 e. The minimum Gasteiger partial charge on any atom is -0.506 e. The first-order chi connectivity index (χ1) is 6.09. The molecule has 70 valence electrons. The zero-order valence-electron chi connectivity index (χ0n) is 7.37. The number of phenolic OH excluding ortho intramolecular Hbond substituents is 1. The predicted molar refractivity (Wildman–Crippen MR) is 55.8 cm³/mol. The normalized spacial score (nSPS) is 13.5. The number of aromatic hydroxyl groups is 1. The van der Waals surface area contributed by atoms with E-state index >= 15 is 0 Å². The van der Waals surface area contributed by atoms with Gasteiger partial charge in [0.25, 0.3) is 0 Å². The fourth-order valence-corrected chi connectivity index (χ4v) is 1.08. The highest BCUT2D eigenvalue weighted by molar-refractivity contribution is 6.32. The minimum atomic E-state index is 0.0209. The largest absolute Gasteiger partial charge is 0.506 e. The number of hydrogen-bond donors (Lipinski definition) is 2. The lowest BCUT2D eigenvalue weighted by molar-refractivity contribution is 0.475. The third-order valence-electron chi connectivity index (χ3n) is 1.56. The van der Waals surface area contributed by atoms with Crippen LogP contribution in [0.3, 0.4) is 0 Å². The molecule has 0 spiro atoms. The van der Waals surface area contributed by atoms with E-state index in [1.807, 2.05) is 19.1 Å². The summed E-state index contributed by atoms with van der Waals surface area (Å²) < 4.78 is 0. The molecule has 2 nitrogen and oxygen atoms in total. The van der Waals surface area contributed by atoms with Crippen molar-refractivity contribution in [2.45, 2.75) is 13.0 Å². The average molecular weight is 198 g/mol. The van der Waals surface area contributed by atoms with E-state index < -0.39 is 0 Å². The molecule has 3 heteroatoms. The first-order valence-corrected chi connectivity index (χ1v) is 4.39. The molecule has 1 aromatic carbocycles. The number of phenols is 1. The van der Waals surface area contributed by atoms with Crippen molar-refractivity contribution in [1.29, 1.82) is 0 Å². The van der Waals surface area contributed by atoms with Crippen LogP contribution in [0.2, 0.25) is 5.02 Å². The maximum absolute atomic E-state index is 9.14. The van der Waals surface area contributed by atoms with Gasteiger partial charge < -0.3 is 10.8 Å². The van der Waals surface area contributed by atoms with Gasteiger partial charge in [-0.1, -0.05) is 29.8 Å². The van der Waals surface area contributed by atoms with E-state index in [1.54, 1.807) is 18.2 Å². The van der Waals surface area contributed by atoms with E-state index in [4.69, 9.17) is 22.4 Å². The monoisotopic (exact) mass is 197 g/mol. The van der Waals surface area contributed by atoms with Crippen LogP contribution >= 0.6 is 11.6 Å². The second-order valence-corrected chi connectivity index (χ2v) is 3.34. The Hall–Kier alpha value is -0.990. The maximum atomic E-state index is 9.14. The number of halogens is 1. The molecule has 0 bridgehead atoms. The van der Waals surface area contributed by atoms with Crippen LogP contribution in [0.5, 0.6) is 5.75 Å². The molecule has 0 saturated carbocycles. The SMILES string of the molecule is CC(N)/C=C/c1ccc(O)c(Cl)c1. The summed E-state index contributed by atoms with van der Waals surface area (Å²) in [5.41, 5.74) is 6.47. The lowest BCUT2D eigenvalue weighted by Crippen LogP contribution is -2.09. The molecule has 0 aliphatic heterocycles. The van der Waals surface area contributed by atoms with Crippen molar-refractivity contribution in [3.05, 3.63) is 34.9 Å². The molecule has 0 aliphatic carbocycles. The highest BCUT2D eigenvalue weighted by Gasteiger charge is 1.96. The van der Waals surface area contributed by atoms with Crippen molar-refractivity contribution in [2.24, 2.45) is 5.73 Å². The van der Waals surface area contributed by atoms with Gasteiger partial charge in [-0.3, -0.25) is 0 Å². The standard InChI is InChI=1S/C10H12ClNO/c1-7(12)2-3-8-4-5-10(13)9(11)6-8/h2-7,13H,12H2,1H3/b3-2+. The van der Waals surface area contributed by atoms with Gasteiger partial charge in [-0.05, 0) is 24.6 Å². The summed E-state index contributed by atoms with van der Waals surface area (Å²) in [5, 5.41) is 9.49. The Labute approximate surface area is 82.6 Å². The van der Waals surface area contributed by atoms with Gasteiger partial charge in [0.1, 0.15) is 5.75 Å². The van der Waals surface area contributed by atoms with Crippen molar-refractivity contribution in [1.82, 2.24) is 0 Å². The summed E-state index contributed by atoms with van der Waals surface area (Å²) in [6.07, 6.45) is 3.73. The molecule has 0 amide bonds. The molecule has 1 rings (SSSR count). The number of nitrogens with two attached hydrogens (primary N) is 1. The average Bonchev–Trinajstić information content (AvgIpc) is 2.07. The van der Waals surface area contributed by atoms with Crippen LogP contribution in [-0.2, 0) is 0 Å². The zero-order valence-corrected chi connectivity index (χ0v) is 8.12. The molecule has 0 heterocycles. The Kier molecular flexibility index (Phi) is 3.34. The van der Waals surface area contributed by atoms with Crippen LogP contribution in [0.1, 0.15) is 12.5 Å². The van der Waals surface area contributed by atoms with E-state index in [0.29, 0.717) is 5.02 Å². The van der Waals surface area contributed by atoms with Crippen molar-refractivity contribution in [3.63, 3.8) is 0 Å². The van der Waals surface area contributed by atoms with E-state index in [9.17, 15) is 0 Å². The summed E-state index contributed by atoms with van der Waals surface area (Å²) in [6, 6.07) is 5.05. The van der Waals surface area contributed by atoms with Gasteiger partial charge in [0, 0.05) is 6.04 Å². The van der Waals surface area contributed by atoms with Crippen LogP contribution in [0.25, 0.3) is 6.08 Å². The molecule has 3 N–H and O–H groups in total. The molecule has 0 fully saturated rings. The second-order valence-electron chi connectivity index (χ2n) is 2.93. The van der Waals surface area contributed by atoms with Gasteiger partial charge in [-0.25, -0.2) is 0 Å². The second kappa shape index (κ2) is 4.30. The van der Waals surface area contributed by atoms with Crippen LogP contribution in [0.15, 0.2) is 24.3 Å². The fraction of sp³-hybridized carbons (Fsp3) is 0.200. The Morgan fingerprint density at radius 3 is 2.77 bits per heavy atom. The highest BCUT2D eigenvalue weighted by Crippen LogP contribution is 2.24. The van der Waals surface area contributed by atoms with Crippen LogP contribution in [-0.4, -0.2) is 11.1 Å². The number of rotatable bonds is 2. The van der Waals surface area contributed by atoms with Crippen molar-refractivity contribution >= 4 is 17.7 Å². The summed E-state index contributed by atoms with van der Waals surface area (Å²) in [5.74, 6) is 0.0969. The first-order valence-electron chi connectivity index (χ1n) is 4.02. The van der Waals surface area contributed by atoms with Gasteiger partial charge in [0.05, 0.1) is 5.02 Å². The lowest BCUT2D eigenvalue weighted by Gasteiger charge is -1.99. The topological polar surface area (TPSA) is 46.2 Å². The third-order valence-corrected chi connectivity index (χ3v) is 1.87.